The van der Waals surface area contributed by atoms with Gasteiger partial charge in [0, 0.05) is 12.5 Å². The van der Waals surface area contributed by atoms with Crippen LogP contribution in [0.4, 0.5) is 0 Å². The summed E-state index contributed by atoms with van der Waals surface area (Å²) in [6, 6.07) is 39.9. The van der Waals surface area contributed by atoms with E-state index in [0.29, 0.717) is 5.75 Å². The van der Waals surface area contributed by atoms with E-state index in [1.54, 1.807) is 12.1 Å². The molecule has 0 aromatic heterocycles. The highest BCUT2D eigenvalue weighted by Gasteiger charge is 2.68. The fourth-order valence-corrected chi connectivity index (χ4v) is 7.02. The molecule has 7 nitrogen and oxygen atoms in total. The lowest BCUT2D eigenvalue weighted by atomic mass is 9.76. The molecule has 5 aromatic rings. The number of benzene rings is 5. The highest BCUT2D eigenvalue weighted by Crippen LogP contribution is 2.50. The van der Waals surface area contributed by atoms with E-state index >= 15 is 0 Å². The number of amides is 2. The van der Waals surface area contributed by atoms with Gasteiger partial charge in [-0.05, 0) is 45.2 Å². The minimum atomic E-state index is -1.70. The van der Waals surface area contributed by atoms with Gasteiger partial charge in [-0.3, -0.25) is 24.6 Å². The molecule has 2 aliphatic rings. The molecule has 5 aromatic carbocycles. The van der Waals surface area contributed by atoms with E-state index in [1.165, 1.54) is 4.90 Å². The van der Waals surface area contributed by atoms with Gasteiger partial charge in [-0.1, -0.05) is 127 Å². The van der Waals surface area contributed by atoms with Gasteiger partial charge in [0.05, 0.1) is 18.4 Å². The summed E-state index contributed by atoms with van der Waals surface area (Å²) in [5.41, 5.74) is 1.85. The van der Waals surface area contributed by atoms with Gasteiger partial charge >= 0.3 is 5.97 Å². The molecule has 2 aliphatic heterocycles. The molecule has 0 spiro atoms. The number of ether oxygens (including phenoxy) is 1. The maximum Gasteiger partial charge on any atom is 0.325 e. The van der Waals surface area contributed by atoms with E-state index in [4.69, 9.17) is 4.74 Å². The monoisotopic (exact) mass is 622 g/mol. The number of nitrogens with one attached hydrogen (secondary N) is 1. The van der Waals surface area contributed by atoms with Gasteiger partial charge in [-0.2, -0.15) is 0 Å². The van der Waals surface area contributed by atoms with Gasteiger partial charge in [0.25, 0.3) is 0 Å². The summed E-state index contributed by atoms with van der Waals surface area (Å²) in [5, 5.41) is 16.3. The molecule has 2 saturated heterocycles. The van der Waals surface area contributed by atoms with Crippen molar-refractivity contribution in [2.24, 2.45) is 11.8 Å². The molecule has 4 atom stereocenters. The van der Waals surface area contributed by atoms with Gasteiger partial charge in [-0.25, -0.2) is 0 Å². The van der Waals surface area contributed by atoms with Crippen LogP contribution in [0.3, 0.4) is 0 Å². The van der Waals surface area contributed by atoms with Crippen molar-refractivity contribution in [2.75, 3.05) is 13.2 Å². The summed E-state index contributed by atoms with van der Waals surface area (Å²) in [7, 11) is 0. The van der Waals surface area contributed by atoms with Crippen LogP contribution in [0.25, 0.3) is 22.9 Å². The number of imide groups is 1. The average molecular weight is 623 g/mol. The van der Waals surface area contributed by atoms with Crippen molar-refractivity contribution >= 4 is 40.7 Å². The van der Waals surface area contributed by atoms with Crippen LogP contribution < -0.4 is 10.1 Å². The molecule has 4 unspecified atom stereocenters. The molecule has 234 valence electrons. The van der Waals surface area contributed by atoms with Crippen molar-refractivity contribution < 1.29 is 24.2 Å². The molecular weight excluding hydrogens is 588 g/mol. The summed E-state index contributed by atoms with van der Waals surface area (Å²) in [6.45, 7) is 0.132. The number of carboxylic acids is 1. The largest absolute Gasteiger partial charge is 0.492 e. The molecule has 0 radical (unpaired) electrons. The van der Waals surface area contributed by atoms with Crippen LogP contribution in [0.2, 0.25) is 0 Å². The average Bonchev–Trinajstić information content (AvgIpc) is 3.58. The third-order valence-corrected chi connectivity index (χ3v) is 9.31. The molecule has 0 bridgehead atoms. The summed E-state index contributed by atoms with van der Waals surface area (Å²) in [6.07, 6.45) is 4.06. The number of fused-ring (bicyclic) bond motifs is 2. The lowest BCUT2D eigenvalue weighted by molar-refractivity contribution is -0.151. The standard InChI is InChI=1S/C40H34N2O5/c43-37-34-35(38(44)42(37)23-24-47-33-13-5-2-6-14-33)40(39(45)46,26-29-19-20-30-11-7-8-12-32(30)25-29)41-36(34)31-21-17-28(18-22-31)16-15-27-9-3-1-4-10-27/h1-22,25,34-36,41H,23-24,26H2,(H,45,46)/b16-15+. The second-order valence-electron chi connectivity index (χ2n) is 12.2. The van der Waals surface area contributed by atoms with Crippen LogP contribution in [0.15, 0.2) is 127 Å². The first-order valence-electron chi connectivity index (χ1n) is 15.8. The molecule has 2 fully saturated rings. The highest BCUT2D eigenvalue weighted by atomic mass is 16.5. The third kappa shape index (κ3) is 5.82. The Kier molecular flexibility index (Phi) is 8.14. The Labute approximate surface area is 273 Å². The number of nitrogens with zero attached hydrogens (tertiary/aromatic N) is 1. The molecule has 2 heterocycles. The Balaban J connectivity index is 1.22. The van der Waals surface area contributed by atoms with Crippen LogP contribution in [0, 0.1) is 11.8 Å². The van der Waals surface area contributed by atoms with Crippen LogP contribution in [-0.4, -0.2) is 46.5 Å². The molecule has 0 saturated carbocycles. The molecule has 2 N–H and O–H groups in total. The fourth-order valence-electron chi connectivity index (χ4n) is 7.02. The quantitative estimate of drug-likeness (QED) is 0.138. The summed E-state index contributed by atoms with van der Waals surface area (Å²) in [4.78, 5) is 42.8. The van der Waals surface area contributed by atoms with Crippen LogP contribution in [0.1, 0.15) is 28.3 Å². The maximum atomic E-state index is 14.2. The van der Waals surface area contributed by atoms with Crippen molar-refractivity contribution in [1.29, 1.82) is 0 Å². The first kappa shape index (κ1) is 30.1. The van der Waals surface area contributed by atoms with Crippen molar-refractivity contribution in [3.63, 3.8) is 0 Å². The van der Waals surface area contributed by atoms with E-state index in [9.17, 15) is 19.5 Å². The number of hydrogen-bond acceptors (Lipinski definition) is 5. The number of carbonyl (C=O) groups excluding carboxylic acids is 2. The normalized spacial score (nSPS) is 22.2. The van der Waals surface area contributed by atoms with E-state index in [1.807, 2.05) is 127 Å². The number of likely N-dealkylation sites (tertiary alicyclic amines) is 1. The minimum absolute atomic E-state index is 0.0289. The summed E-state index contributed by atoms with van der Waals surface area (Å²) < 4.78 is 5.82. The van der Waals surface area contributed by atoms with Gasteiger partial charge in [0.1, 0.15) is 17.9 Å². The first-order chi connectivity index (χ1) is 22.9. The first-order valence-corrected chi connectivity index (χ1v) is 15.8. The number of para-hydroxylation sites is 1. The van der Waals surface area contributed by atoms with Crippen molar-refractivity contribution in [3.05, 3.63) is 150 Å². The van der Waals surface area contributed by atoms with Gasteiger partial charge in [0.15, 0.2) is 0 Å². The number of carbonyl (C=O) groups is 3. The van der Waals surface area contributed by atoms with Gasteiger partial charge in [0.2, 0.25) is 11.8 Å². The second-order valence-corrected chi connectivity index (χ2v) is 12.2. The number of carboxylic acid groups (broad SMARTS) is 1. The Morgan fingerprint density at radius 3 is 2.11 bits per heavy atom. The highest BCUT2D eigenvalue weighted by molar-refractivity contribution is 6.09. The van der Waals surface area contributed by atoms with Crippen LogP contribution in [0.5, 0.6) is 5.75 Å². The lowest BCUT2D eigenvalue weighted by Crippen LogP contribution is -2.57. The molecule has 7 heteroatoms. The second kappa shape index (κ2) is 12.7. The van der Waals surface area contributed by atoms with E-state index in [-0.39, 0.29) is 25.5 Å². The van der Waals surface area contributed by atoms with Crippen molar-refractivity contribution in [2.45, 2.75) is 18.0 Å². The predicted molar refractivity (Wildman–Crippen MR) is 181 cm³/mol. The zero-order valence-electron chi connectivity index (χ0n) is 25.7. The third-order valence-electron chi connectivity index (χ3n) is 9.31. The SMILES string of the molecule is O=C1C2C(c3ccc(/C=C/c4ccccc4)cc3)NC(Cc3ccc4ccccc4c3)(C(=O)O)C2C(=O)N1CCOc1ccccc1. The van der Waals surface area contributed by atoms with Gasteiger partial charge in [-0.15, -0.1) is 0 Å². The Bertz CT molecular complexity index is 1960. The Morgan fingerprint density at radius 1 is 0.766 bits per heavy atom. The number of rotatable bonds is 10. The Morgan fingerprint density at radius 2 is 1.40 bits per heavy atom. The van der Waals surface area contributed by atoms with Gasteiger partial charge < -0.3 is 9.84 Å². The van der Waals surface area contributed by atoms with Crippen LogP contribution >= 0.6 is 0 Å². The van der Waals surface area contributed by atoms with E-state index < -0.39 is 35.3 Å². The lowest BCUT2D eigenvalue weighted by Gasteiger charge is -2.31. The molecular formula is C40H34N2O5. The molecule has 0 aliphatic carbocycles. The number of aliphatic carboxylic acids is 1. The molecule has 7 rings (SSSR count). The van der Waals surface area contributed by atoms with Crippen molar-refractivity contribution in [1.82, 2.24) is 10.2 Å². The van der Waals surface area contributed by atoms with Crippen LogP contribution in [-0.2, 0) is 20.8 Å². The zero-order valence-corrected chi connectivity index (χ0v) is 25.7. The maximum absolute atomic E-state index is 14.2. The van der Waals surface area contributed by atoms with E-state index in [0.717, 1.165) is 33.0 Å². The molecule has 47 heavy (non-hydrogen) atoms. The number of hydrogen-bond donors (Lipinski definition) is 2. The summed E-state index contributed by atoms with van der Waals surface area (Å²) in [5.74, 6) is -3.39. The summed E-state index contributed by atoms with van der Waals surface area (Å²) >= 11 is 0. The zero-order chi connectivity index (χ0) is 32.4. The smallest absolute Gasteiger partial charge is 0.325 e. The van der Waals surface area contributed by atoms with E-state index in [2.05, 4.69) is 5.32 Å². The molecule has 2 amide bonds. The Hall–Kier alpha value is -5.53. The topological polar surface area (TPSA) is 95.9 Å². The fraction of sp³-hybridized carbons (Fsp3) is 0.175. The minimum Gasteiger partial charge on any atom is -0.492 e. The predicted octanol–water partition coefficient (Wildman–Crippen LogP) is 6.40. The van der Waals surface area contributed by atoms with Crippen molar-refractivity contribution in [3.8, 4) is 5.75 Å².